The van der Waals surface area contributed by atoms with Crippen molar-refractivity contribution < 1.29 is 9.53 Å². The number of hydrogen-bond acceptors (Lipinski definition) is 4. The van der Waals surface area contributed by atoms with Crippen LogP contribution in [0.2, 0.25) is 0 Å². The van der Waals surface area contributed by atoms with Gasteiger partial charge in [0.15, 0.2) is 5.16 Å². The van der Waals surface area contributed by atoms with Crippen molar-refractivity contribution in [1.29, 1.82) is 0 Å². The van der Waals surface area contributed by atoms with Crippen LogP contribution in [0, 0.1) is 5.92 Å². The second kappa shape index (κ2) is 5.23. The predicted octanol–water partition coefficient (Wildman–Crippen LogP) is 3.45. The molecule has 1 aromatic heterocycles. The zero-order valence-electron chi connectivity index (χ0n) is 9.77. The monoisotopic (exact) mass is 250 g/mol. The van der Waals surface area contributed by atoms with Gasteiger partial charge in [-0.2, -0.15) is 0 Å². The van der Waals surface area contributed by atoms with Crippen molar-refractivity contribution in [3.8, 4) is 0 Å². The number of para-hydroxylation sites is 2. The quantitative estimate of drug-likeness (QED) is 0.669. The van der Waals surface area contributed by atoms with E-state index >= 15 is 0 Å². The Morgan fingerprint density at radius 3 is 2.94 bits per heavy atom. The van der Waals surface area contributed by atoms with Crippen molar-refractivity contribution in [2.75, 3.05) is 6.61 Å². The van der Waals surface area contributed by atoms with E-state index in [-0.39, 0.29) is 5.30 Å². The third-order valence-corrected chi connectivity index (χ3v) is 2.75. The van der Waals surface area contributed by atoms with Gasteiger partial charge in [0.2, 0.25) is 0 Å². The molecule has 0 fully saturated rings. The molecule has 0 aliphatic rings. The fraction of sp³-hybridized carbons (Fsp3) is 0.333. The third kappa shape index (κ3) is 3.23. The van der Waals surface area contributed by atoms with Gasteiger partial charge in [-0.1, -0.05) is 26.0 Å². The maximum atomic E-state index is 11.5. The van der Waals surface area contributed by atoms with Crippen LogP contribution < -0.4 is 0 Å². The van der Waals surface area contributed by atoms with Crippen LogP contribution in [-0.2, 0) is 4.74 Å². The highest BCUT2D eigenvalue weighted by atomic mass is 32.2. The molecule has 0 amide bonds. The van der Waals surface area contributed by atoms with Crippen LogP contribution in [-0.4, -0.2) is 21.9 Å². The van der Waals surface area contributed by atoms with Crippen LogP contribution in [0.15, 0.2) is 29.4 Å². The number of thioether (sulfide) groups is 1. The minimum Gasteiger partial charge on any atom is -0.457 e. The number of ether oxygens (including phenoxy) is 1. The Hall–Kier alpha value is -1.49. The first-order chi connectivity index (χ1) is 8.15. The molecule has 1 heterocycles. The van der Waals surface area contributed by atoms with Gasteiger partial charge in [-0.15, -0.1) is 0 Å². The molecule has 5 heteroatoms. The van der Waals surface area contributed by atoms with E-state index in [9.17, 15) is 4.79 Å². The van der Waals surface area contributed by atoms with Gasteiger partial charge in [-0.3, -0.25) is 0 Å². The molecule has 0 radical (unpaired) electrons. The van der Waals surface area contributed by atoms with Crippen LogP contribution in [0.3, 0.4) is 0 Å². The van der Waals surface area contributed by atoms with E-state index in [1.807, 2.05) is 38.1 Å². The van der Waals surface area contributed by atoms with Crippen molar-refractivity contribution >= 4 is 28.1 Å². The lowest BCUT2D eigenvalue weighted by Crippen LogP contribution is -2.05. The summed E-state index contributed by atoms with van der Waals surface area (Å²) in [6, 6.07) is 7.65. The summed E-state index contributed by atoms with van der Waals surface area (Å²) in [7, 11) is 0. The van der Waals surface area contributed by atoms with Crippen LogP contribution >= 0.6 is 11.8 Å². The maximum absolute atomic E-state index is 11.5. The lowest BCUT2D eigenvalue weighted by Gasteiger charge is -2.04. The van der Waals surface area contributed by atoms with E-state index in [4.69, 9.17) is 4.74 Å². The molecule has 0 atom stereocenters. The van der Waals surface area contributed by atoms with E-state index in [1.54, 1.807) is 0 Å². The van der Waals surface area contributed by atoms with E-state index in [2.05, 4.69) is 9.97 Å². The molecule has 0 unspecified atom stereocenters. The smallest absolute Gasteiger partial charge is 0.375 e. The van der Waals surface area contributed by atoms with Gasteiger partial charge in [0, 0.05) is 11.8 Å². The fourth-order valence-corrected chi connectivity index (χ4v) is 1.91. The van der Waals surface area contributed by atoms with E-state index in [1.165, 1.54) is 0 Å². The Labute approximate surface area is 104 Å². The average Bonchev–Trinajstić information content (AvgIpc) is 2.68. The third-order valence-electron chi connectivity index (χ3n) is 2.08. The molecule has 0 saturated carbocycles. The largest absolute Gasteiger partial charge is 0.457 e. The zero-order chi connectivity index (χ0) is 12.3. The van der Waals surface area contributed by atoms with E-state index in [0.29, 0.717) is 17.7 Å². The second-order valence-electron chi connectivity index (χ2n) is 4.12. The molecule has 2 aromatic rings. The highest BCUT2D eigenvalue weighted by molar-refractivity contribution is 8.13. The Balaban J connectivity index is 2.01. The molecule has 0 bridgehead atoms. The first kappa shape index (κ1) is 12.0. The first-order valence-corrected chi connectivity index (χ1v) is 6.26. The molecule has 0 spiro atoms. The van der Waals surface area contributed by atoms with Crippen LogP contribution in [0.5, 0.6) is 0 Å². The number of H-pyrrole nitrogens is 1. The number of carbonyl (C=O) groups excluding carboxylic acids is 1. The zero-order valence-corrected chi connectivity index (χ0v) is 10.6. The number of aromatic nitrogens is 2. The SMILES string of the molecule is CC(C)COC(=O)Sc1nc2ccccc2[nH]1. The number of fused-ring (bicyclic) bond motifs is 1. The number of aromatic amines is 1. The molecule has 17 heavy (non-hydrogen) atoms. The molecule has 90 valence electrons. The van der Waals surface area contributed by atoms with Crippen molar-refractivity contribution in [3.63, 3.8) is 0 Å². The summed E-state index contributed by atoms with van der Waals surface area (Å²) in [4.78, 5) is 18.8. The van der Waals surface area contributed by atoms with Crippen LogP contribution in [0.4, 0.5) is 4.79 Å². The van der Waals surface area contributed by atoms with Crippen LogP contribution in [0.1, 0.15) is 13.8 Å². The lowest BCUT2D eigenvalue weighted by molar-refractivity contribution is 0.160. The number of carbonyl (C=O) groups is 1. The number of hydrogen-bond donors (Lipinski definition) is 1. The van der Waals surface area contributed by atoms with Crippen LogP contribution in [0.25, 0.3) is 11.0 Å². The van der Waals surface area contributed by atoms with Gasteiger partial charge >= 0.3 is 5.30 Å². The highest BCUT2D eigenvalue weighted by Crippen LogP contribution is 2.20. The Bertz CT molecular complexity index is 489. The standard InChI is InChI=1S/C12H14N2O2S/c1-8(2)7-16-12(15)17-11-13-9-5-3-4-6-10(9)14-11/h3-6,8H,7H2,1-2H3,(H,13,14). The summed E-state index contributed by atoms with van der Waals surface area (Å²) >= 11 is 0.984. The van der Waals surface area contributed by atoms with E-state index in [0.717, 1.165) is 22.8 Å². The summed E-state index contributed by atoms with van der Waals surface area (Å²) < 4.78 is 5.07. The predicted molar refractivity (Wildman–Crippen MR) is 68.1 cm³/mol. The van der Waals surface area contributed by atoms with Gasteiger partial charge < -0.3 is 9.72 Å². The summed E-state index contributed by atoms with van der Waals surface area (Å²) in [6.07, 6.45) is 0. The van der Waals surface area contributed by atoms with Gasteiger partial charge in [0.1, 0.15) is 0 Å². The van der Waals surface area contributed by atoms with Gasteiger partial charge in [0.05, 0.1) is 17.6 Å². The number of benzene rings is 1. The molecular weight excluding hydrogens is 236 g/mol. The van der Waals surface area contributed by atoms with E-state index < -0.39 is 0 Å². The molecule has 0 aliphatic carbocycles. The summed E-state index contributed by atoms with van der Waals surface area (Å²) in [5, 5.41) is 0.248. The minimum atomic E-state index is -0.322. The first-order valence-electron chi connectivity index (χ1n) is 5.44. The lowest BCUT2D eigenvalue weighted by atomic mass is 10.2. The van der Waals surface area contributed by atoms with Crippen molar-refractivity contribution in [1.82, 2.24) is 9.97 Å². The summed E-state index contributed by atoms with van der Waals surface area (Å²) in [5.74, 6) is 0.343. The van der Waals surface area contributed by atoms with Gasteiger partial charge in [-0.25, -0.2) is 9.78 Å². The minimum absolute atomic E-state index is 0.322. The number of nitrogens with one attached hydrogen (secondary N) is 1. The second-order valence-corrected chi connectivity index (χ2v) is 5.04. The Morgan fingerprint density at radius 1 is 1.47 bits per heavy atom. The maximum Gasteiger partial charge on any atom is 0.375 e. The van der Waals surface area contributed by atoms with Gasteiger partial charge in [-0.05, 0) is 18.1 Å². The van der Waals surface area contributed by atoms with Crippen molar-refractivity contribution in [2.24, 2.45) is 5.92 Å². The molecule has 1 aromatic carbocycles. The van der Waals surface area contributed by atoms with Crippen molar-refractivity contribution in [2.45, 2.75) is 19.0 Å². The molecule has 0 saturated heterocycles. The molecule has 4 nitrogen and oxygen atoms in total. The molecular formula is C12H14N2O2S. The van der Waals surface area contributed by atoms with Gasteiger partial charge in [0.25, 0.3) is 0 Å². The Kier molecular flexibility index (Phi) is 3.68. The normalized spacial score (nSPS) is 11.0. The topological polar surface area (TPSA) is 55.0 Å². The fourth-order valence-electron chi connectivity index (χ4n) is 1.32. The highest BCUT2D eigenvalue weighted by Gasteiger charge is 2.10. The molecule has 2 rings (SSSR count). The molecule has 1 N–H and O–H groups in total. The number of rotatable bonds is 3. The summed E-state index contributed by atoms with van der Waals surface area (Å²) in [5.41, 5.74) is 1.78. The number of nitrogens with zero attached hydrogens (tertiary/aromatic N) is 1. The van der Waals surface area contributed by atoms with Crippen molar-refractivity contribution in [3.05, 3.63) is 24.3 Å². The Morgan fingerprint density at radius 2 is 2.24 bits per heavy atom. The average molecular weight is 250 g/mol. The molecule has 0 aliphatic heterocycles. The summed E-state index contributed by atoms with van der Waals surface area (Å²) in [6.45, 7) is 4.43. The number of imidazole rings is 1.